The van der Waals surface area contributed by atoms with E-state index in [1.807, 2.05) is 80.8 Å². The second kappa shape index (κ2) is 15.3. The number of fused-ring (bicyclic) bond motifs is 2. The van der Waals surface area contributed by atoms with E-state index in [0.717, 1.165) is 5.56 Å². The van der Waals surface area contributed by atoms with E-state index in [1.54, 1.807) is 33.8 Å². The fourth-order valence-electron chi connectivity index (χ4n) is 8.58. The maximum atomic E-state index is 14.8. The van der Waals surface area contributed by atoms with Crippen LogP contribution in [0.5, 0.6) is 0 Å². The number of amides is 2. The van der Waals surface area contributed by atoms with E-state index >= 15 is 0 Å². The largest absolute Gasteiger partial charge is 0.432 e. The lowest BCUT2D eigenvalue weighted by atomic mass is 9.82. The summed E-state index contributed by atoms with van der Waals surface area (Å²) in [7, 11) is -2.93. The number of rotatable bonds is 11. The van der Waals surface area contributed by atoms with Crippen LogP contribution in [0.1, 0.15) is 41.6 Å². The van der Waals surface area contributed by atoms with Crippen LogP contribution in [0.15, 0.2) is 85.1 Å². The van der Waals surface area contributed by atoms with Gasteiger partial charge in [0.1, 0.15) is 18.3 Å². The van der Waals surface area contributed by atoms with Crippen molar-refractivity contribution in [3.8, 4) is 0 Å². The summed E-state index contributed by atoms with van der Waals surface area (Å²) in [5, 5.41) is 61.5. The van der Waals surface area contributed by atoms with Gasteiger partial charge in [0.15, 0.2) is 26.3 Å². The van der Waals surface area contributed by atoms with Crippen LogP contribution < -0.4 is 10.2 Å². The molecular weight excluding hydrogens is 727 g/mol. The number of aliphatic hydroxyl groups is 5. The molecule has 1 aromatic heterocycles. The van der Waals surface area contributed by atoms with Crippen molar-refractivity contribution >= 4 is 31.5 Å². The van der Waals surface area contributed by atoms with Crippen LogP contribution >= 0.6 is 0 Å². The van der Waals surface area contributed by atoms with Crippen molar-refractivity contribution in [3.63, 3.8) is 0 Å². The SMILES string of the molecule is C[C@@H]1[C@@H]([Si](C)(C)O)[C@H](CCn2cc(C(CO)c3ccccc3)nn2)O[C@@]12C(=O)N(Cc1cccc(NC(=O)[C@H]3O[C@@H](O)[C@H](O)[C@@H](O)[C@@H]3O)c1)c1ccccc12. The zero-order valence-corrected chi connectivity index (χ0v) is 31.7. The molecule has 0 bridgehead atoms. The molecule has 2 fully saturated rings. The summed E-state index contributed by atoms with van der Waals surface area (Å²) >= 11 is 0. The highest BCUT2D eigenvalue weighted by Gasteiger charge is 2.66. The smallest absolute Gasteiger partial charge is 0.264 e. The average Bonchev–Trinajstić information content (AvgIpc) is 3.82. The molecule has 0 saturated carbocycles. The zero-order chi connectivity index (χ0) is 39.2. The van der Waals surface area contributed by atoms with Gasteiger partial charge in [-0.1, -0.05) is 72.8 Å². The van der Waals surface area contributed by atoms with Crippen LogP contribution in [0.4, 0.5) is 11.4 Å². The van der Waals surface area contributed by atoms with E-state index in [2.05, 4.69) is 15.6 Å². The summed E-state index contributed by atoms with van der Waals surface area (Å²) < 4.78 is 13.7. The number of ether oxygens (including phenoxy) is 2. The van der Waals surface area contributed by atoms with E-state index < -0.39 is 56.6 Å². The van der Waals surface area contributed by atoms with Crippen molar-refractivity contribution in [2.45, 2.75) is 93.4 Å². The predicted octanol–water partition coefficient (Wildman–Crippen LogP) is 1.58. The molecule has 15 nitrogen and oxygen atoms in total. The maximum absolute atomic E-state index is 14.8. The van der Waals surface area contributed by atoms with E-state index in [9.17, 15) is 39.9 Å². The van der Waals surface area contributed by atoms with Gasteiger partial charge in [-0.15, -0.1) is 5.10 Å². The Labute approximate surface area is 318 Å². The lowest BCUT2D eigenvalue weighted by Crippen LogP contribution is -2.60. The van der Waals surface area contributed by atoms with Gasteiger partial charge in [0.25, 0.3) is 11.8 Å². The molecule has 3 aromatic carbocycles. The van der Waals surface area contributed by atoms with Crippen molar-refractivity contribution in [2.75, 3.05) is 16.8 Å². The molecule has 1 unspecified atom stereocenters. The number of aromatic nitrogens is 3. The third-order valence-corrected chi connectivity index (χ3v) is 13.7. The summed E-state index contributed by atoms with van der Waals surface area (Å²) in [5.41, 5.74) is 2.24. The Morgan fingerprint density at radius 1 is 0.982 bits per heavy atom. The maximum Gasteiger partial charge on any atom is 0.264 e. The van der Waals surface area contributed by atoms with E-state index in [-0.39, 0.29) is 36.4 Å². The van der Waals surface area contributed by atoms with Gasteiger partial charge in [-0.3, -0.25) is 14.3 Å². The minimum atomic E-state index is -2.93. The number of nitrogens with zero attached hydrogens (tertiary/aromatic N) is 4. The molecule has 4 aromatic rings. The number of carbonyl (C=O) groups excluding carboxylic acids is 2. The third kappa shape index (κ3) is 7.14. The zero-order valence-electron chi connectivity index (χ0n) is 30.7. The molecule has 3 aliphatic rings. The van der Waals surface area contributed by atoms with Gasteiger partial charge in [0.2, 0.25) is 0 Å². The summed E-state index contributed by atoms with van der Waals surface area (Å²) in [5.74, 6) is -1.82. The topological polar surface area (TPSA) is 220 Å². The monoisotopic (exact) mass is 773 g/mol. The van der Waals surface area contributed by atoms with Crippen LogP contribution in [0, 0.1) is 5.92 Å². The quantitative estimate of drug-likeness (QED) is 0.108. The summed E-state index contributed by atoms with van der Waals surface area (Å²) in [4.78, 5) is 41.2. The molecule has 55 heavy (non-hydrogen) atoms. The van der Waals surface area contributed by atoms with Crippen LogP contribution in [-0.2, 0) is 37.8 Å². The van der Waals surface area contributed by atoms with Gasteiger partial charge in [0.05, 0.1) is 36.6 Å². The van der Waals surface area contributed by atoms with Gasteiger partial charge in [0, 0.05) is 35.5 Å². The first-order valence-electron chi connectivity index (χ1n) is 18.4. The number of aryl methyl sites for hydroxylation is 1. The average molecular weight is 774 g/mol. The first kappa shape index (κ1) is 38.9. The Hall–Kier alpha value is -4.36. The molecule has 16 heteroatoms. The number of hydrogen-bond acceptors (Lipinski definition) is 12. The number of carbonyl (C=O) groups is 2. The highest BCUT2D eigenvalue weighted by atomic mass is 28.4. The van der Waals surface area contributed by atoms with Crippen molar-refractivity contribution < 1.29 is 49.4 Å². The number of benzene rings is 3. The first-order chi connectivity index (χ1) is 26.2. The van der Waals surface area contributed by atoms with Crippen molar-refractivity contribution in [2.24, 2.45) is 5.92 Å². The predicted molar refractivity (Wildman–Crippen MR) is 201 cm³/mol. The van der Waals surface area contributed by atoms with Crippen molar-refractivity contribution in [1.29, 1.82) is 0 Å². The summed E-state index contributed by atoms with van der Waals surface area (Å²) in [6, 6.07) is 23.8. The van der Waals surface area contributed by atoms with Crippen LogP contribution in [-0.4, -0.2) is 109 Å². The van der Waals surface area contributed by atoms with Gasteiger partial charge in [-0.25, -0.2) is 0 Å². The number of aliphatic hydroxyl groups excluding tert-OH is 5. The van der Waals surface area contributed by atoms with E-state index in [1.165, 1.54) is 0 Å². The molecule has 3 aliphatic heterocycles. The fraction of sp³-hybridized carbons (Fsp3) is 0.436. The second-order valence-corrected chi connectivity index (χ2v) is 19.2. The minimum Gasteiger partial charge on any atom is -0.432 e. The lowest BCUT2D eigenvalue weighted by molar-refractivity contribution is -0.274. The first-order valence-corrected chi connectivity index (χ1v) is 21.4. The molecule has 7 N–H and O–H groups in total. The number of nitrogens with one attached hydrogen (secondary N) is 1. The molecule has 4 heterocycles. The highest BCUT2D eigenvalue weighted by Crippen LogP contribution is 2.59. The van der Waals surface area contributed by atoms with Gasteiger partial charge >= 0.3 is 0 Å². The van der Waals surface area contributed by atoms with Gasteiger partial charge in [-0.2, -0.15) is 0 Å². The van der Waals surface area contributed by atoms with Gasteiger partial charge < -0.3 is 50.0 Å². The summed E-state index contributed by atoms with van der Waals surface area (Å²) in [6.45, 7) is 6.11. The molecular formula is C39H47N5O10Si. The minimum absolute atomic E-state index is 0.119. The Balaban J connectivity index is 1.11. The number of anilines is 2. The molecule has 10 atom stereocenters. The standard InChI is InChI=1S/C39H47N5O10Si/c1-22-35(55(2,3)52)30(16-17-43-20-28(41-42-43)26(21-45)24-11-5-4-6-12-24)54-39(22)27-14-7-8-15-29(27)44(38(39)51)19-23-10-9-13-25(18-23)40-36(49)34-32(47)31(46)33(48)37(50)53-34/h4-15,18,20,22,26,30-35,37,45-48,50,52H,16-17,19,21H2,1-3H3,(H,40,49)/t22-,26?,30+,31+,32+,33-,34+,35-,37-,39+/m1/s1. The molecule has 292 valence electrons. The molecule has 1 spiro atoms. The Kier molecular flexibility index (Phi) is 10.8. The third-order valence-electron chi connectivity index (χ3n) is 11.2. The van der Waals surface area contributed by atoms with Crippen molar-refractivity contribution in [3.05, 3.63) is 107 Å². The molecule has 2 saturated heterocycles. The van der Waals surface area contributed by atoms with Crippen LogP contribution in [0.25, 0.3) is 0 Å². The normalized spacial score (nSPS) is 29.8. The molecule has 2 amide bonds. The number of para-hydroxylation sites is 1. The molecule has 0 radical (unpaired) electrons. The van der Waals surface area contributed by atoms with E-state index in [0.29, 0.717) is 41.2 Å². The summed E-state index contributed by atoms with van der Waals surface area (Å²) in [6.07, 6.45) is -7.08. The molecule has 7 rings (SSSR count). The van der Waals surface area contributed by atoms with Gasteiger partial charge in [-0.05, 0) is 48.8 Å². The van der Waals surface area contributed by atoms with Crippen LogP contribution in [0.3, 0.4) is 0 Å². The Morgan fingerprint density at radius 3 is 2.44 bits per heavy atom. The van der Waals surface area contributed by atoms with E-state index in [4.69, 9.17) is 9.47 Å². The fourth-order valence-corrected chi connectivity index (χ4v) is 11.2. The number of hydrogen-bond donors (Lipinski definition) is 7. The van der Waals surface area contributed by atoms with Crippen LogP contribution in [0.2, 0.25) is 18.6 Å². The Morgan fingerprint density at radius 2 is 1.71 bits per heavy atom. The Bertz CT molecular complexity index is 2010. The second-order valence-electron chi connectivity index (χ2n) is 15.2. The molecule has 0 aliphatic carbocycles. The van der Waals surface area contributed by atoms with Crippen molar-refractivity contribution in [1.82, 2.24) is 15.0 Å². The highest BCUT2D eigenvalue weighted by molar-refractivity contribution is 6.71. The lowest BCUT2D eigenvalue weighted by Gasteiger charge is -2.37.